The number of amides is 1. The maximum atomic E-state index is 13.8. The molecule has 0 spiro atoms. The van der Waals surface area contributed by atoms with Gasteiger partial charge in [0.15, 0.2) is 5.17 Å². The molecule has 4 aromatic rings. The molecule has 0 saturated carbocycles. The van der Waals surface area contributed by atoms with Gasteiger partial charge in [-0.05, 0) is 29.8 Å². The van der Waals surface area contributed by atoms with E-state index in [1.165, 1.54) is 10.6 Å². The number of fused-ring (bicyclic) bond motifs is 2. The minimum absolute atomic E-state index is 0.0117. The van der Waals surface area contributed by atoms with Crippen molar-refractivity contribution in [3.8, 4) is 0 Å². The van der Waals surface area contributed by atoms with Crippen LogP contribution in [-0.4, -0.2) is 38.6 Å². The third-order valence-corrected chi connectivity index (χ3v) is 9.00. The smallest absolute Gasteiger partial charge is 0.245 e. The van der Waals surface area contributed by atoms with Crippen molar-refractivity contribution in [1.82, 2.24) is 9.88 Å². The van der Waals surface area contributed by atoms with Gasteiger partial charge >= 0.3 is 0 Å². The van der Waals surface area contributed by atoms with E-state index in [1.807, 2.05) is 59.6 Å². The standard InChI is InChI=1S/C27H22N4OS2/c1-30-22-12-5-6-13-23(22)33-26(30)24-25(32)31(17-18-8-3-2-4-9-18)27(34-24)29-21-11-7-10-19-16-28-15-14-20(19)21/h2-16,24,26H,17H2,1H3. The van der Waals surface area contributed by atoms with Crippen LogP contribution in [0.4, 0.5) is 11.4 Å². The zero-order valence-corrected chi connectivity index (χ0v) is 20.2. The lowest BCUT2D eigenvalue weighted by Gasteiger charge is -2.25. The second-order valence-electron chi connectivity index (χ2n) is 8.30. The number of nitrogens with zero attached hydrogens (tertiary/aromatic N) is 4. The number of thioether (sulfide) groups is 2. The highest BCUT2D eigenvalue weighted by molar-refractivity contribution is 8.16. The molecule has 0 bridgehead atoms. The van der Waals surface area contributed by atoms with Crippen molar-refractivity contribution < 1.29 is 4.79 Å². The summed E-state index contributed by atoms with van der Waals surface area (Å²) in [4.78, 5) is 28.4. The lowest BCUT2D eigenvalue weighted by molar-refractivity contribution is -0.126. The first-order valence-electron chi connectivity index (χ1n) is 11.1. The quantitative estimate of drug-likeness (QED) is 0.361. The third-order valence-electron chi connectivity index (χ3n) is 6.16. The number of rotatable bonds is 4. The molecule has 0 radical (unpaired) electrons. The predicted octanol–water partition coefficient (Wildman–Crippen LogP) is 5.93. The minimum Gasteiger partial charge on any atom is -0.360 e. The molecule has 1 amide bonds. The summed E-state index contributed by atoms with van der Waals surface area (Å²) < 4.78 is 0. The second kappa shape index (κ2) is 8.81. The van der Waals surface area contributed by atoms with Gasteiger partial charge in [-0.1, -0.05) is 78.1 Å². The summed E-state index contributed by atoms with van der Waals surface area (Å²) in [7, 11) is 2.08. The SMILES string of the molecule is CN1c2ccccc2SC1C1SC(=Nc2cccc3cnccc23)N(Cc2ccccc2)C1=O. The number of aromatic nitrogens is 1. The van der Waals surface area contributed by atoms with Gasteiger partial charge in [0, 0.05) is 35.1 Å². The van der Waals surface area contributed by atoms with Crippen molar-refractivity contribution in [2.45, 2.75) is 22.1 Å². The highest BCUT2D eigenvalue weighted by atomic mass is 32.2. The Labute approximate surface area is 206 Å². The van der Waals surface area contributed by atoms with Crippen LogP contribution in [0.25, 0.3) is 10.8 Å². The zero-order valence-electron chi connectivity index (χ0n) is 18.5. The number of carbonyl (C=O) groups is 1. The van der Waals surface area contributed by atoms with Crippen LogP contribution in [0, 0.1) is 0 Å². The summed E-state index contributed by atoms with van der Waals surface area (Å²) in [5.74, 6) is 0.103. The first-order chi connectivity index (χ1) is 16.7. The van der Waals surface area contributed by atoms with Gasteiger partial charge in [0.25, 0.3) is 0 Å². The fourth-order valence-electron chi connectivity index (χ4n) is 4.42. The van der Waals surface area contributed by atoms with Crippen molar-refractivity contribution in [2.75, 3.05) is 11.9 Å². The van der Waals surface area contributed by atoms with Gasteiger partial charge in [-0.15, -0.1) is 0 Å². The molecule has 3 heterocycles. The van der Waals surface area contributed by atoms with Crippen LogP contribution in [0.15, 0.2) is 101 Å². The highest BCUT2D eigenvalue weighted by Gasteiger charge is 2.47. The van der Waals surface area contributed by atoms with Gasteiger partial charge in [0.2, 0.25) is 5.91 Å². The van der Waals surface area contributed by atoms with Gasteiger partial charge in [-0.2, -0.15) is 0 Å². The van der Waals surface area contributed by atoms with Crippen molar-refractivity contribution in [1.29, 1.82) is 0 Å². The van der Waals surface area contributed by atoms with Crippen LogP contribution >= 0.6 is 23.5 Å². The molecule has 1 aromatic heterocycles. The molecule has 2 aliphatic heterocycles. The first kappa shape index (κ1) is 21.3. The van der Waals surface area contributed by atoms with Gasteiger partial charge in [-0.25, -0.2) is 4.99 Å². The van der Waals surface area contributed by atoms with E-state index in [0.29, 0.717) is 6.54 Å². The fourth-order valence-corrected chi connectivity index (χ4v) is 7.20. The molecule has 7 heteroatoms. The normalized spacial score (nSPS) is 21.0. The van der Waals surface area contributed by atoms with Crippen LogP contribution in [-0.2, 0) is 11.3 Å². The summed E-state index contributed by atoms with van der Waals surface area (Å²) in [6.45, 7) is 0.502. The molecule has 5 nitrogen and oxygen atoms in total. The van der Waals surface area contributed by atoms with Crippen LogP contribution in [0.5, 0.6) is 0 Å². The van der Waals surface area contributed by atoms with E-state index < -0.39 is 0 Å². The molecule has 0 aliphatic carbocycles. The van der Waals surface area contributed by atoms with Gasteiger partial charge in [-0.3, -0.25) is 14.7 Å². The fraction of sp³-hybridized carbons (Fsp3) is 0.148. The largest absolute Gasteiger partial charge is 0.360 e. The lowest BCUT2D eigenvalue weighted by Crippen LogP contribution is -2.41. The average molecular weight is 483 g/mol. The minimum atomic E-state index is -0.249. The summed E-state index contributed by atoms with van der Waals surface area (Å²) >= 11 is 3.33. The molecule has 168 valence electrons. The number of hydrogen-bond acceptors (Lipinski definition) is 6. The van der Waals surface area contributed by atoms with Crippen molar-refractivity contribution in [3.05, 3.63) is 96.8 Å². The topological polar surface area (TPSA) is 48.8 Å². The van der Waals surface area contributed by atoms with Gasteiger partial charge in [0.1, 0.15) is 10.6 Å². The Morgan fingerprint density at radius 2 is 1.76 bits per heavy atom. The summed E-state index contributed by atoms with van der Waals surface area (Å²) in [5, 5.41) is 2.57. The van der Waals surface area contributed by atoms with E-state index in [-0.39, 0.29) is 16.5 Å². The Morgan fingerprint density at radius 3 is 2.62 bits per heavy atom. The van der Waals surface area contributed by atoms with E-state index in [9.17, 15) is 4.79 Å². The Morgan fingerprint density at radius 1 is 0.941 bits per heavy atom. The number of amidine groups is 1. The summed E-state index contributed by atoms with van der Waals surface area (Å²) in [6, 6.07) is 26.5. The zero-order chi connectivity index (χ0) is 23.1. The van der Waals surface area contributed by atoms with E-state index >= 15 is 0 Å². The molecule has 2 unspecified atom stereocenters. The van der Waals surface area contributed by atoms with Crippen LogP contribution in [0.3, 0.4) is 0 Å². The lowest BCUT2D eigenvalue weighted by atomic mass is 10.1. The highest BCUT2D eigenvalue weighted by Crippen LogP contribution is 2.48. The Balaban J connectivity index is 1.39. The molecule has 1 saturated heterocycles. The Hall–Kier alpha value is -3.29. The number of carbonyl (C=O) groups excluding carboxylic acids is 1. The molecule has 6 rings (SSSR count). The molecule has 2 aliphatic rings. The van der Waals surface area contributed by atoms with Crippen LogP contribution < -0.4 is 4.90 Å². The molecular weight excluding hydrogens is 460 g/mol. The average Bonchev–Trinajstić information content (AvgIpc) is 3.36. The van der Waals surface area contributed by atoms with Crippen molar-refractivity contribution in [3.63, 3.8) is 0 Å². The van der Waals surface area contributed by atoms with Gasteiger partial charge < -0.3 is 4.90 Å². The molecule has 3 aromatic carbocycles. The van der Waals surface area contributed by atoms with E-state index in [0.717, 1.165) is 27.2 Å². The summed E-state index contributed by atoms with van der Waals surface area (Å²) in [6.07, 6.45) is 3.63. The number of hydrogen-bond donors (Lipinski definition) is 0. The second-order valence-corrected chi connectivity index (χ2v) is 10.6. The maximum Gasteiger partial charge on any atom is 0.245 e. The number of anilines is 1. The number of para-hydroxylation sites is 1. The molecule has 34 heavy (non-hydrogen) atoms. The molecular formula is C27H22N4OS2. The number of pyridine rings is 1. The van der Waals surface area contributed by atoms with Crippen molar-refractivity contribution >= 4 is 56.7 Å². The number of benzene rings is 3. The van der Waals surface area contributed by atoms with E-state index in [2.05, 4.69) is 47.3 Å². The van der Waals surface area contributed by atoms with Gasteiger partial charge in [0.05, 0.1) is 17.9 Å². The van der Waals surface area contributed by atoms with E-state index in [4.69, 9.17) is 4.99 Å². The monoisotopic (exact) mass is 482 g/mol. The van der Waals surface area contributed by atoms with Crippen molar-refractivity contribution in [2.24, 2.45) is 4.99 Å². The third kappa shape index (κ3) is 3.75. The number of aliphatic imine (C=N–C) groups is 1. The van der Waals surface area contributed by atoms with Crippen LogP contribution in [0.2, 0.25) is 0 Å². The summed E-state index contributed by atoms with van der Waals surface area (Å²) in [5.41, 5.74) is 3.11. The Bertz CT molecular complexity index is 1400. The molecule has 1 fully saturated rings. The maximum absolute atomic E-state index is 13.8. The molecule has 2 atom stereocenters. The Kier molecular flexibility index (Phi) is 5.51. The first-order valence-corrected chi connectivity index (χ1v) is 12.9. The molecule has 0 N–H and O–H groups in total. The predicted molar refractivity (Wildman–Crippen MR) is 142 cm³/mol. The van der Waals surface area contributed by atoms with Crippen LogP contribution in [0.1, 0.15) is 5.56 Å². The van der Waals surface area contributed by atoms with E-state index in [1.54, 1.807) is 29.7 Å².